The highest BCUT2D eigenvalue weighted by atomic mass is 79.9. The number of hydrogen-bond donors (Lipinski definition) is 3. The quantitative estimate of drug-likeness (QED) is 0.529. The molecule has 1 heterocycles. The summed E-state index contributed by atoms with van der Waals surface area (Å²) in [6.07, 6.45) is 2.20. The molecule has 1 aliphatic heterocycles. The summed E-state index contributed by atoms with van der Waals surface area (Å²) in [5.41, 5.74) is 1.52. The summed E-state index contributed by atoms with van der Waals surface area (Å²) < 4.78 is 1.02. The van der Waals surface area contributed by atoms with Crippen molar-refractivity contribution in [1.82, 2.24) is 10.2 Å². The summed E-state index contributed by atoms with van der Waals surface area (Å²) >= 11 is 3.44. The number of aromatic hydroxyl groups is 1. The van der Waals surface area contributed by atoms with E-state index in [2.05, 4.69) is 38.4 Å². The van der Waals surface area contributed by atoms with Crippen molar-refractivity contribution in [3.8, 4) is 5.75 Å². The Labute approximate surface area is 185 Å². The number of phenols is 1. The van der Waals surface area contributed by atoms with Gasteiger partial charge in [-0.05, 0) is 62.2 Å². The van der Waals surface area contributed by atoms with Gasteiger partial charge in [0.15, 0.2) is 0 Å². The maximum absolute atomic E-state index is 12.5. The fourth-order valence-electron chi connectivity index (χ4n) is 3.73. The first kappa shape index (κ1) is 22.3. The molecule has 7 heteroatoms. The van der Waals surface area contributed by atoms with E-state index in [1.165, 1.54) is 0 Å². The molecule has 0 spiro atoms. The van der Waals surface area contributed by atoms with E-state index >= 15 is 0 Å². The summed E-state index contributed by atoms with van der Waals surface area (Å²) in [6, 6.07) is 14.7. The summed E-state index contributed by atoms with van der Waals surface area (Å²) in [7, 11) is 0. The van der Waals surface area contributed by atoms with Gasteiger partial charge in [0.25, 0.3) is 0 Å². The number of benzene rings is 2. The fourth-order valence-corrected chi connectivity index (χ4v) is 3.99. The van der Waals surface area contributed by atoms with E-state index in [4.69, 9.17) is 0 Å². The van der Waals surface area contributed by atoms with Crippen LogP contribution in [0.5, 0.6) is 5.75 Å². The number of anilines is 1. The van der Waals surface area contributed by atoms with Gasteiger partial charge in [0, 0.05) is 10.4 Å². The molecule has 2 aromatic rings. The Bertz CT molecular complexity index is 864. The van der Waals surface area contributed by atoms with Gasteiger partial charge in [-0.15, -0.1) is 0 Å². The number of para-hydroxylation sites is 2. The molecule has 1 aliphatic rings. The molecule has 30 heavy (non-hydrogen) atoms. The molecule has 0 radical (unpaired) electrons. The molecular formula is C23H28BrN3O3. The molecule has 2 aromatic carbocycles. The first-order valence-corrected chi connectivity index (χ1v) is 11.1. The van der Waals surface area contributed by atoms with Crippen LogP contribution < -0.4 is 10.6 Å². The number of carbonyl (C=O) groups is 2. The topological polar surface area (TPSA) is 81.7 Å². The van der Waals surface area contributed by atoms with Gasteiger partial charge in [0.05, 0.1) is 18.3 Å². The minimum absolute atomic E-state index is 0.00174. The lowest BCUT2D eigenvalue weighted by molar-refractivity contribution is -0.124. The highest BCUT2D eigenvalue weighted by Crippen LogP contribution is 2.25. The first-order valence-electron chi connectivity index (χ1n) is 10.3. The van der Waals surface area contributed by atoms with Gasteiger partial charge < -0.3 is 15.7 Å². The van der Waals surface area contributed by atoms with Crippen LogP contribution in [0.15, 0.2) is 53.0 Å². The average Bonchev–Trinajstić information content (AvgIpc) is 2.75. The largest absolute Gasteiger partial charge is 0.506 e. The van der Waals surface area contributed by atoms with Gasteiger partial charge in [-0.3, -0.25) is 14.5 Å². The molecule has 3 rings (SSSR count). The first-order chi connectivity index (χ1) is 14.5. The molecule has 6 nitrogen and oxygen atoms in total. The minimum Gasteiger partial charge on any atom is -0.506 e. The Kier molecular flexibility index (Phi) is 7.87. The third-order valence-electron chi connectivity index (χ3n) is 5.50. The van der Waals surface area contributed by atoms with Crippen LogP contribution in [0.4, 0.5) is 5.69 Å². The number of hydrogen-bond acceptors (Lipinski definition) is 4. The standard InChI is InChI=1S/C23H28BrN3O3/c1-2-19(16-7-9-18(24)10-8-16)25-22(29)15-27-13-11-17(12-14-27)23(30)26-20-5-3-4-6-21(20)28/h3-10,17,19,28H,2,11-15H2,1H3,(H,25,29)(H,26,30). The summed E-state index contributed by atoms with van der Waals surface area (Å²) in [4.78, 5) is 27.1. The van der Waals surface area contributed by atoms with Crippen LogP contribution in [0.1, 0.15) is 37.8 Å². The van der Waals surface area contributed by atoms with Crippen molar-refractivity contribution < 1.29 is 14.7 Å². The zero-order valence-electron chi connectivity index (χ0n) is 17.1. The molecule has 3 N–H and O–H groups in total. The third-order valence-corrected chi connectivity index (χ3v) is 6.03. The van der Waals surface area contributed by atoms with Crippen molar-refractivity contribution in [2.45, 2.75) is 32.2 Å². The lowest BCUT2D eigenvalue weighted by Crippen LogP contribution is -2.44. The summed E-state index contributed by atoms with van der Waals surface area (Å²) in [6.45, 7) is 3.78. The molecule has 0 aliphatic carbocycles. The molecule has 160 valence electrons. The van der Waals surface area contributed by atoms with Crippen LogP contribution in [-0.4, -0.2) is 41.5 Å². The van der Waals surface area contributed by atoms with Gasteiger partial charge in [0.2, 0.25) is 11.8 Å². The molecule has 0 aromatic heterocycles. The Hall–Kier alpha value is -2.38. The van der Waals surface area contributed by atoms with Gasteiger partial charge in [-0.1, -0.05) is 47.1 Å². The second-order valence-electron chi connectivity index (χ2n) is 7.64. The molecule has 0 bridgehead atoms. The van der Waals surface area contributed by atoms with Crippen molar-refractivity contribution in [3.63, 3.8) is 0 Å². The van der Waals surface area contributed by atoms with E-state index in [1.807, 2.05) is 24.3 Å². The molecule has 1 atom stereocenters. The van der Waals surface area contributed by atoms with E-state index in [9.17, 15) is 14.7 Å². The number of piperidine rings is 1. The maximum atomic E-state index is 12.5. The molecule has 1 fully saturated rings. The Morgan fingerprint density at radius 1 is 1.13 bits per heavy atom. The molecule has 1 unspecified atom stereocenters. The van der Waals surface area contributed by atoms with Crippen LogP contribution >= 0.6 is 15.9 Å². The number of halogens is 1. The minimum atomic E-state index is -0.116. The molecule has 1 saturated heterocycles. The van der Waals surface area contributed by atoms with Crippen LogP contribution in [0, 0.1) is 5.92 Å². The summed E-state index contributed by atoms with van der Waals surface area (Å²) in [5, 5.41) is 15.7. The molecule has 0 saturated carbocycles. The van der Waals surface area contributed by atoms with Crippen LogP contribution in [0.3, 0.4) is 0 Å². The fraction of sp³-hybridized carbons (Fsp3) is 0.391. The van der Waals surface area contributed by atoms with Crippen molar-refractivity contribution in [1.29, 1.82) is 0 Å². The monoisotopic (exact) mass is 473 g/mol. The van der Waals surface area contributed by atoms with Crippen molar-refractivity contribution >= 4 is 33.4 Å². The van der Waals surface area contributed by atoms with Gasteiger partial charge >= 0.3 is 0 Å². The highest BCUT2D eigenvalue weighted by Gasteiger charge is 2.26. The van der Waals surface area contributed by atoms with E-state index in [0.717, 1.165) is 16.5 Å². The van der Waals surface area contributed by atoms with Gasteiger partial charge in [-0.2, -0.15) is 0 Å². The number of amides is 2. The number of nitrogens with one attached hydrogen (secondary N) is 2. The number of carbonyl (C=O) groups excluding carboxylic acids is 2. The van der Waals surface area contributed by atoms with Crippen molar-refractivity contribution in [3.05, 3.63) is 58.6 Å². The van der Waals surface area contributed by atoms with Gasteiger partial charge in [0.1, 0.15) is 5.75 Å². The predicted octanol–water partition coefficient (Wildman–Crippen LogP) is 4.07. The highest BCUT2D eigenvalue weighted by molar-refractivity contribution is 9.10. The third kappa shape index (κ3) is 6.06. The zero-order valence-corrected chi connectivity index (χ0v) is 18.7. The normalized spacial score (nSPS) is 16.1. The van der Waals surface area contributed by atoms with Crippen LogP contribution in [-0.2, 0) is 9.59 Å². The number of nitrogens with zero attached hydrogens (tertiary/aromatic N) is 1. The van der Waals surface area contributed by atoms with E-state index in [0.29, 0.717) is 38.2 Å². The lowest BCUT2D eigenvalue weighted by Gasteiger charge is -2.31. The van der Waals surface area contributed by atoms with E-state index in [-0.39, 0.29) is 29.5 Å². The molecule has 2 amide bonds. The van der Waals surface area contributed by atoms with Gasteiger partial charge in [-0.25, -0.2) is 0 Å². The maximum Gasteiger partial charge on any atom is 0.234 e. The number of phenolic OH excluding ortho intramolecular Hbond substituents is 1. The van der Waals surface area contributed by atoms with Crippen LogP contribution in [0.2, 0.25) is 0 Å². The Morgan fingerprint density at radius 3 is 2.43 bits per heavy atom. The van der Waals surface area contributed by atoms with Crippen molar-refractivity contribution in [2.75, 3.05) is 25.0 Å². The zero-order chi connectivity index (χ0) is 21.5. The Morgan fingerprint density at radius 2 is 1.80 bits per heavy atom. The summed E-state index contributed by atoms with van der Waals surface area (Å²) in [5.74, 6) is -0.130. The van der Waals surface area contributed by atoms with E-state index in [1.54, 1.807) is 24.3 Å². The van der Waals surface area contributed by atoms with Crippen LogP contribution in [0.25, 0.3) is 0 Å². The second-order valence-corrected chi connectivity index (χ2v) is 8.55. The SMILES string of the molecule is CCC(NC(=O)CN1CCC(C(=O)Nc2ccccc2O)CC1)c1ccc(Br)cc1. The van der Waals surface area contributed by atoms with Crippen molar-refractivity contribution in [2.24, 2.45) is 5.92 Å². The lowest BCUT2D eigenvalue weighted by atomic mass is 9.95. The second kappa shape index (κ2) is 10.6. The average molecular weight is 474 g/mol. The van der Waals surface area contributed by atoms with E-state index < -0.39 is 0 Å². The number of rotatable bonds is 7. The predicted molar refractivity (Wildman–Crippen MR) is 121 cm³/mol. The smallest absolute Gasteiger partial charge is 0.234 e. The molecular weight excluding hydrogens is 446 g/mol. The Balaban J connectivity index is 1.45. The number of likely N-dealkylation sites (tertiary alicyclic amines) is 1.